The highest BCUT2D eigenvalue weighted by atomic mass is 16.5. The second-order valence-corrected chi connectivity index (χ2v) is 5.36. The Labute approximate surface area is 114 Å². The van der Waals surface area contributed by atoms with Crippen LogP contribution >= 0.6 is 0 Å². The van der Waals surface area contributed by atoms with E-state index in [1.54, 1.807) is 7.11 Å². The van der Waals surface area contributed by atoms with Crippen molar-refractivity contribution in [3.8, 4) is 0 Å². The van der Waals surface area contributed by atoms with Gasteiger partial charge in [0, 0.05) is 39.8 Å². The van der Waals surface area contributed by atoms with Gasteiger partial charge in [-0.15, -0.1) is 0 Å². The van der Waals surface area contributed by atoms with Gasteiger partial charge in [0.1, 0.15) is 0 Å². The Morgan fingerprint density at radius 3 is 2.89 bits per heavy atom. The molecule has 2 fully saturated rings. The van der Waals surface area contributed by atoms with Crippen LogP contribution in [0.1, 0.15) is 12.8 Å². The molecule has 0 radical (unpaired) electrons. The number of aliphatic hydroxyl groups is 1. The first-order valence-corrected chi connectivity index (χ1v) is 7.12. The lowest BCUT2D eigenvalue weighted by Crippen LogP contribution is -2.45. The van der Waals surface area contributed by atoms with E-state index in [0.717, 1.165) is 45.8 Å². The first-order valence-electron chi connectivity index (χ1n) is 7.12. The van der Waals surface area contributed by atoms with Crippen molar-refractivity contribution >= 4 is 5.91 Å². The van der Waals surface area contributed by atoms with Crippen molar-refractivity contribution in [2.24, 2.45) is 0 Å². The number of amides is 1. The van der Waals surface area contributed by atoms with E-state index in [1.807, 2.05) is 4.90 Å². The molecule has 0 saturated carbocycles. The molecule has 2 unspecified atom stereocenters. The monoisotopic (exact) mass is 271 g/mol. The number of carbonyl (C=O) groups excluding carboxylic acids is 1. The third-order valence-corrected chi connectivity index (χ3v) is 3.92. The van der Waals surface area contributed by atoms with Crippen LogP contribution in [-0.4, -0.2) is 85.9 Å². The smallest absolute Gasteiger partial charge is 0.239 e. The van der Waals surface area contributed by atoms with Crippen LogP contribution in [0, 0.1) is 0 Å². The van der Waals surface area contributed by atoms with E-state index in [2.05, 4.69) is 10.2 Å². The van der Waals surface area contributed by atoms with Crippen LogP contribution in [0.3, 0.4) is 0 Å². The second kappa shape index (κ2) is 7.19. The van der Waals surface area contributed by atoms with Crippen LogP contribution in [-0.2, 0) is 9.53 Å². The van der Waals surface area contributed by atoms with Crippen molar-refractivity contribution in [3.63, 3.8) is 0 Å². The summed E-state index contributed by atoms with van der Waals surface area (Å²) in [5, 5.41) is 12.6. The third kappa shape index (κ3) is 4.14. The van der Waals surface area contributed by atoms with Crippen molar-refractivity contribution in [2.75, 3.05) is 53.0 Å². The Kier molecular flexibility index (Phi) is 5.57. The standard InChI is InChI=1S/C13H25N3O3/c1-19-8-7-15-3-2-4-16(6-5-15)13(18)12-9-11(17)10-14-12/h11-12,14,17H,2-10H2,1H3. The fourth-order valence-corrected chi connectivity index (χ4v) is 2.76. The lowest BCUT2D eigenvalue weighted by molar-refractivity contribution is -0.133. The summed E-state index contributed by atoms with van der Waals surface area (Å²) < 4.78 is 5.09. The van der Waals surface area contributed by atoms with Crippen molar-refractivity contribution in [2.45, 2.75) is 25.0 Å². The molecule has 2 heterocycles. The number of β-amino-alcohol motifs (C(OH)–C–C–N with tert-alkyl or cyclic N) is 1. The minimum Gasteiger partial charge on any atom is -0.392 e. The number of nitrogens with one attached hydrogen (secondary N) is 1. The molecule has 19 heavy (non-hydrogen) atoms. The van der Waals surface area contributed by atoms with E-state index in [9.17, 15) is 9.90 Å². The Hall–Kier alpha value is -0.690. The summed E-state index contributed by atoms with van der Waals surface area (Å²) >= 11 is 0. The zero-order valence-electron chi connectivity index (χ0n) is 11.7. The Bertz CT molecular complexity index is 301. The molecule has 2 N–H and O–H groups in total. The van der Waals surface area contributed by atoms with Gasteiger partial charge in [-0.2, -0.15) is 0 Å². The summed E-state index contributed by atoms with van der Waals surface area (Å²) in [6, 6.07) is -0.194. The number of nitrogens with zero attached hydrogens (tertiary/aromatic N) is 2. The van der Waals surface area contributed by atoms with Crippen molar-refractivity contribution < 1.29 is 14.6 Å². The number of ether oxygens (including phenoxy) is 1. The maximum Gasteiger partial charge on any atom is 0.239 e. The fraction of sp³-hybridized carbons (Fsp3) is 0.923. The number of carbonyl (C=O) groups is 1. The number of methoxy groups -OCH3 is 1. The molecule has 0 spiro atoms. The molecular weight excluding hydrogens is 246 g/mol. The van der Waals surface area contributed by atoms with Crippen LogP contribution in [0.15, 0.2) is 0 Å². The highest BCUT2D eigenvalue weighted by Gasteiger charge is 2.31. The summed E-state index contributed by atoms with van der Waals surface area (Å²) in [5.74, 6) is 0.144. The molecule has 0 bridgehead atoms. The number of aliphatic hydroxyl groups excluding tert-OH is 1. The predicted octanol–water partition coefficient (Wildman–Crippen LogP) is -1.11. The summed E-state index contributed by atoms with van der Waals surface area (Å²) in [4.78, 5) is 16.6. The van der Waals surface area contributed by atoms with E-state index in [4.69, 9.17) is 4.74 Å². The van der Waals surface area contributed by atoms with E-state index < -0.39 is 0 Å². The fourth-order valence-electron chi connectivity index (χ4n) is 2.76. The normalized spacial score (nSPS) is 29.5. The van der Waals surface area contributed by atoms with Crippen LogP contribution in [0.25, 0.3) is 0 Å². The molecule has 2 atom stereocenters. The lowest BCUT2D eigenvalue weighted by Gasteiger charge is -2.24. The van der Waals surface area contributed by atoms with Crippen LogP contribution < -0.4 is 5.32 Å². The van der Waals surface area contributed by atoms with E-state index in [-0.39, 0.29) is 18.1 Å². The van der Waals surface area contributed by atoms with E-state index in [0.29, 0.717) is 13.0 Å². The number of hydrogen-bond donors (Lipinski definition) is 2. The van der Waals surface area contributed by atoms with E-state index >= 15 is 0 Å². The third-order valence-electron chi connectivity index (χ3n) is 3.92. The molecule has 0 aromatic heterocycles. The molecule has 2 saturated heterocycles. The van der Waals surface area contributed by atoms with Crippen molar-refractivity contribution in [3.05, 3.63) is 0 Å². The van der Waals surface area contributed by atoms with Crippen LogP contribution in [0.5, 0.6) is 0 Å². The van der Waals surface area contributed by atoms with Crippen molar-refractivity contribution in [1.29, 1.82) is 0 Å². The van der Waals surface area contributed by atoms with Gasteiger partial charge < -0.3 is 20.1 Å². The summed E-state index contributed by atoms with van der Waals surface area (Å²) in [6.07, 6.45) is 1.17. The molecule has 2 aliphatic rings. The lowest BCUT2D eigenvalue weighted by atomic mass is 10.2. The SMILES string of the molecule is COCCN1CCCN(C(=O)C2CC(O)CN2)CC1. The molecule has 110 valence electrons. The van der Waals surface area contributed by atoms with Crippen molar-refractivity contribution in [1.82, 2.24) is 15.1 Å². The van der Waals surface area contributed by atoms with Gasteiger partial charge in [-0.25, -0.2) is 0 Å². The molecule has 0 aliphatic carbocycles. The average molecular weight is 271 g/mol. The Balaban J connectivity index is 1.80. The highest BCUT2D eigenvalue weighted by Crippen LogP contribution is 2.12. The van der Waals surface area contributed by atoms with Gasteiger partial charge >= 0.3 is 0 Å². The van der Waals surface area contributed by atoms with Crippen LogP contribution in [0.2, 0.25) is 0 Å². The summed E-state index contributed by atoms with van der Waals surface area (Å²) in [5.41, 5.74) is 0. The molecule has 1 amide bonds. The molecular formula is C13H25N3O3. The highest BCUT2D eigenvalue weighted by molar-refractivity contribution is 5.82. The van der Waals surface area contributed by atoms with Gasteiger partial charge in [0.05, 0.1) is 18.8 Å². The quantitative estimate of drug-likeness (QED) is 0.679. The molecule has 6 nitrogen and oxygen atoms in total. The number of hydrogen-bond acceptors (Lipinski definition) is 5. The maximum atomic E-state index is 12.3. The topological polar surface area (TPSA) is 65.0 Å². The zero-order chi connectivity index (χ0) is 13.7. The van der Waals surface area contributed by atoms with Gasteiger partial charge in [0.15, 0.2) is 0 Å². The van der Waals surface area contributed by atoms with Gasteiger partial charge in [-0.05, 0) is 19.4 Å². The largest absolute Gasteiger partial charge is 0.392 e. The predicted molar refractivity (Wildman–Crippen MR) is 71.9 cm³/mol. The van der Waals surface area contributed by atoms with E-state index in [1.165, 1.54) is 0 Å². The van der Waals surface area contributed by atoms with Gasteiger partial charge in [0.25, 0.3) is 0 Å². The second-order valence-electron chi connectivity index (χ2n) is 5.36. The average Bonchev–Trinajstić information content (AvgIpc) is 2.71. The molecule has 2 aliphatic heterocycles. The molecule has 0 aromatic rings. The van der Waals surface area contributed by atoms with Gasteiger partial charge in [-0.3, -0.25) is 9.69 Å². The Morgan fingerprint density at radius 1 is 1.37 bits per heavy atom. The first-order chi connectivity index (χ1) is 9.20. The minimum atomic E-state index is -0.376. The number of rotatable bonds is 4. The Morgan fingerprint density at radius 2 is 2.21 bits per heavy atom. The molecule has 2 rings (SSSR count). The molecule has 6 heteroatoms. The molecule has 0 aromatic carbocycles. The summed E-state index contributed by atoms with van der Waals surface area (Å²) in [7, 11) is 1.71. The summed E-state index contributed by atoms with van der Waals surface area (Å²) in [6.45, 7) is 5.72. The minimum absolute atomic E-state index is 0.144. The van der Waals surface area contributed by atoms with Crippen LogP contribution in [0.4, 0.5) is 0 Å². The van der Waals surface area contributed by atoms with Gasteiger partial charge in [-0.1, -0.05) is 0 Å². The van der Waals surface area contributed by atoms with Gasteiger partial charge in [0.2, 0.25) is 5.91 Å². The first kappa shape index (κ1) is 14.7. The maximum absolute atomic E-state index is 12.3. The zero-order valence-corrected chi connectivity index (χ0v) is 11.7.